The van der Waals surface area contributed by atoms with E-state index in [-0.39, 0.29) is 6.61 Å². The molecule has 0 aromatic rings. The van der Waals surface area contributed by atoms with Crippen molar-refractivity contribution in [1.82, 2.24) is 5.32 Å². The summed E-state index contributed by atoms with van der Waals surface area (Å²) in [6.45, 7) is 1.94. The maximum atomic E-state index is 10.3. The summed E-state index contributed by atoms with van der Waals surface area (Å²) in [6.07, 6.45) is -0.690. The molecular weight excluding hydrogens is 184 g/mol. The van der Waals surface area contributed by atoms with Crippen molar-refractivity contribution in [2.75, 3.05) is 6.61 Å². The maximum absolute atomic E-state index is 10.3. The van der Waals surface area contributed by atoms with E-state index in [4.69, 9.17) is 26.5 Å². The van der Waals surface area contributed by atoms with Gasteiger partial charge in [-0.25, -0.2) is 4.79 Å². The average molecular weight is 194 g/mol. The molecule has 13 heavy (non-hydrogen) atoms. The third-order valence-electron chi connectivity index (χ3n) is 0.512. The summed E-state index contributed by atoms with van der Waals surface area (Å²) in [5, 5.41) is 22.2. The van der Waals surface area contributed by atoms with Crippen molar-refractivity contribution < 1.29 is 19.8 Å². The molecule has 1 amide bonds. The quantitative estimate of drug-likeness (QED) is 0.187. The summed E-state index contributed by atoms with van der Waals surface area (Å²) >= 11 is 0. The molecule has 0 saturated carbocycles. The third kappa shape index (κ3) is 25.7. The van der Waals surface area contributed by atoms with E-state index in [0.29, 0.717) is 0 Å². The molecule has 0 radical (unpaired) electrons. The molecule has 0 aromatic heterocycles. The molecule has 0 saturated heterocycles. The van der Waals surface area contributed by atoms with Gasteiger partial charge in [0.25, 0.3) is 5.09 Å². The van der Waals surface area contributed by atoms with Crippen LogP contribution in [0.1, 0.15) is 6.92 Å². The van der Waals surface area contributed by atoms with Gasteiger partial charge in [0, 0.05) is 0 Å². The second-order valence-electron chi connectivity index (χ2n) is 1.50. The van der Waals surface area contributed by atoms with Crippen molar-refractivity contribution >= 4 is 12.1 Å². The van der Waals surface area contributed by atoms with Crippen LogP contribution >= 0.6 is 0 Å². The lowest BCUT2D eigenvalue weighted by Crippen LogP contribution is -2.36. The second kappa shape index (κ2) is 8.04. The Morgan fingerprint density at radius 1 is 1.85 bits per heavy atom. The highest BCUT2D eigenvalue weighted by Gasteiger charge is 1.98. The summed E-state index contributed by atoms with van der Waals surface area (Å²) < 4.78 is 4.38. The first kappa shape index (κ1) is 13.5. The lowest BCUT2D eigenvalue weighted by atomic mass is 10.8. The van der Waals surface area contributed by atoms with Crippen LogP contribution in [0.25, 0.3) is 0 Å². The highest BCUT2D eigenvalue weighted by molar-refractivity contribution is 5.90. The van der Waals surface area contributed by atoms with Gasteiger partial charge in [-0.05, 0) is 6.92 Å². The van der Waals surface area contributed by atoms with Gasteiger partial charge in [0.2, 0.25) is 0 Å². The van der Waals surface area contributed by atoms with E-state index in [1.54, 1.807) is 6.92 Å². The number of amides is 1. The Balaban J connectivity index is 0. The lowest BCUT2D eigenvalue weighted by molar-refractivity contribution is -0.742. The maximum Gasteiger partial charge on any atom is 0.413 e. The molecule has 0 unspecified atom stereocenters. The van der Waals surface area contributed by atoms with Crippen LogP contribution in [0.15, 0.2) is 0 Å². The minimum absolute atomic E-state index is 0.277. The number of nitrogens with zero attached hydrogens (tertiary/aromatic N) is 1. The van der Waals surface area contributed by atoms with Gasteiger partial charge in [0.15, 0.2) is 5.96 Å². The van der Waals surface area contributed by atoms with Crippen molar-refractivity contribution in [2.24, 2.45) is 5.73 Å². The molecule has 9 heteroatoms. The number of carbonyl (C=O) groups excluding carboxylic acids is 1. The number of nitrogens with two attached hydrogens (primary N) is 1. The molecule has 5 N–H and O–H groups in total. The molecule has 0 fully saturated rings. The number of hydrogen-bond donors (Lipinski definition) is 4. The van der Waals surface area contributed by atoms with Gasteiger partial charge in [0.05, 0.1) is 6.61 Å². The summed E-state index contributed by atoms with van der Waals surface area (Å²) in [7, 11) is 0. The van der Waals surface area contributed by atoms with Crippen LogP contribution < -0.4 is 11.1 Å². The second-order valence-corrected chi connectivity index (χ2v) is 1.50. The first-order valence-electron chi connectivity index (χ1n) is 3.01. The van der Waals surface area contributed by atoms with Gasteiger partial charge >= 0.3 is 6.09 Å². The number of hydrogen-bond acceptors (Lipinski definition) is 5. The standard InChI is InChI=1S/C4H9N3O2.HNO3/c1-2-9-4(8)7-3(5)6;2-1(3)4/h2H2,1H3,(H4,5,6,7,8);(H,2,3,4). The van der Waals surface area contributed by atoms with E-state index in [2.05, 4.69) is 4.74 Å². The number of guanidine groups is 1. The Hall–Kier alpha value is -2.06. The number of nitrogens with one attached hydrogen (secondary N) is 2. The van der Waals surface area contributed by atoms with Crippen molar-refractivity contribution in [3.63, 3.8) is 0 Å². The van der Waals surface area contributed by atoms with Crippen molar-refractivity contribution in [1.29, 1.82) is 5.41 Å². The topological polar surface area (TPSA) is 152 Å². The fourth-order valence-corrected chi connectivity index (χ4v) is 0.277. The fraction of sp³-hybridized carbons (Fsp3) is 0.500. The minimum Gasteiger partial charge on any atom is -0.450 e. The first-order chi connectivity index (χ1) is 5.90. The molecule has 0 bridgehead atoms. The monoisotopic (exact) mass is 194 g/mol. The highest BCUT2D eigenvalue weighted by atomic mass is 16.9. The number of ether oxygens (including phenoxy) is 1. The summed E-state index contributed by atoms with van der Waals surface area (Å²) in [5.41, 5.74) is 4.79. The van der Waals surface area contributed by atoms with Crippen molar-refractivity contribution in [3.8, 4) is 0 Å². The molecule has 0 aliphatic carbocycles. The third-order valence-corrected chi connectivity index (χ3v) is 0.512. The molecule has 0 rings (SSSR count). The van der Waals surface area contributed by atoms with E-state index in [9.17, 15) is 4.79 Å². The van der Waals surface area contributed by atoms with Crippen LogP contribution in [0.2, 0.25) is 0 Å². The summed E-state index contributed by atoms with van der Waals surface area (Å²) in [4.78, 5) is 18.7. The van der Waals surface area contributed by atoms with Crippen LogP contribution in [0.3, 0.4) is 0 Å². The molecule has 76 valence electrons. The van der Waals surface area contributed by atoms with Gasteiger partial charge < -0.3 is 15.7 Å². The van der Waals surface area contributed by atoms with Crippen LogP contribution in [0.4, 0.5) is 4.79 Å². The molecule has 0 atom stereocenters. The van der Waals surface area contributed by atoms with Gasteiger partial charge in [-0.15, -0.1) is 10.1 Å². The highest BCUT2D eigenvalue weighted by Crippen LogP contribution is 1.72. The predicted octanol–water partition coefficient (Wildman–Crippen LogP) is -0.722. The van der Waals surface area contributed by atoms with Crippen LogP contribution in [0, 0.1) is 15.5 Å². The molecule has 0 spiro atoms. The van der Waals surface area contributed by atoms with E-state index in [0.717, 1.165) is 0 Å². The Bertz CT molecular complexity index is 189. The molecule has 0 heterocycles. The van der Waals surface area contributed by atoms with E-state index in [1.807, 2.05) is 5.32 Å². The van der Waals surface area contributed by atoms with Gasteiger partial charge in [-0.3, -0.25) is 10.7 Å². The van der Waals surface area contributed by atoms with Gasteiger partial charge in [0.1, 0.15) is 0 Å². The van der Waals surface area contributed by atoms with Crippen LogP contribution in [0.5, 0.6) is 0 Å². The van der Waals surface area contributed by atoms with Crippen LogP contribution in [-0.4, -0.2) is 29.0 Å². The molecule has 0 aliphatic rings. The average Bonchev–Trinajstić information content (AvgIpc) is 1.83. The van der Waals surface area contributed by atoms with E-state index < -0.39 is 17.1 Å². The van der Waals surface area contributed by atoms with Gasteiger partial charge in [-0.1, -0.05) is 0 Å². The summed E-state index contributed by atoms with van der Waals surface area (Å²) in [5.74, 6) is -0.409. The Labute approximate surface area is 73.1 Å². The molecular formula is C4H10N4O5. The largest absolute Gasteiger partial charge is 0.450 e. The SMILES string of the molecule is CCOC(=O)NC(=N)N.O=[N+]([O-])O. The zero-order valence-corrected chi connectivity index (χ0v) is 6.81. The molecule has 9 nitrogen and oxygen atoms in total. The lowest BCUT2D eigenvalue weighted by Gasteiger charge is -2.00. The predicted molar refractivity (Wildman–Crippen MR) is 40.9 cm³/mol. The Morgan fingerprint density at radius 3 is 2.46 bits per heavy atom. The Morgan fingerprint density at radius 2 is 2.23 bits per heavy atom. The fourth-order valence-electron chi connectivity index (χ4n) is 0.277. The van der Waals surface area contributed by atoms with Crippen LogP contribution in [-0.2, 0) is 4.74 Å². The van der Waals surface area contributed by atoms with E-state index >= 15 is 0 Å². The summed E-state index contributed by atoms with van der Waals surface area (Å²) in [6, 6.07) is 0. The number of alkyl carbamates (subject to hydrolysis) is 1. The zero-order valence-electron chi connectivity index (χ0n) is 6.81. The first-order valence-corrected chi connectivity index (χ1v) is 3.01. The zero-order chi connectivity index (χ0) is 10.9. The molecule has 0 aromatic carbocycles. The normalized spacial score (nSPS) is 7.46. The molecule has 0 aliphatic heterocycles. The number of carbonyl (C=O) groups is 1. The van der Waals surface area contributed by atoms with Crippen molar-refractivity contribution in [3.05, 3.63) is 10.1 Å². The van der Waals surface area contributed by atoms with Crippen molar-refractivity contribution in [2.45, 2.75) is 6.92 Å². The Kier molecular flexibility index (Phi) is 8.36. The smallest absolute Gasteiger partial charge is 0.413 e. The van der Waals surface area contributed by atoms with Gasteiger partial charge in [-0.2, -0.15) is 0 Å². The minimum atomic E-state index is -1.50. The number of rotatable bonds is 1. The van der Waals surface area contributed by atoms with E-state index in [1.165, 1.54) is 0 Å².